The molecule has 2 heterocycles. The minimum absolute atomic E-state index is 0.170. The zero-order valence-corrected chi connectivity index (χ0v) is 9.39. The molecule has 0 bridgehead atoms. The van der Waals surface area contributed by atoms with Crippen LogP contribution in [0.15, 0.2) is 24.5 Å². The maximum Gasteiger partial charge on any atom is 0.421 e. The van der Waals surface area contributed by atoms with Gasteiger partial charge in [-0.2, -0.15) is 0 Å². The Balaban J connectivity index is 1.64. The fraction of sp³-hybridized carbons (Fsp3) is 0.455. The van der Waals surface area contributed by atoms with E-state index in [0.29, 0.717) is 6.61 Å². The van der Waals surface area contributed by atoms with E-state index in [1.165, 1.54) is 0 Å². The molecule has 1 aromatic rings. The molecule has 1 saturated heterocycles. The third-order valence-electron chi connectivity index (χ3n) is 2.43. The molecular formula is C11H15N3O3. The number of nitrogens with zero attached hydrogens (tertiary/aromatic N) is 1. The Labute approximate surface area is 99.3 Å². The average Bonchev–Trinajstić information content (AvgIpc) is 2.88. The van der Waals surface area contributed by atoms with E-state index in [1.807, 2.05) is 0 Å². The van der Waals surface area contributed by atoms with E-state index in [1.54, 1.807) is 24.5 Å². The van der Waals surface area contributed by atoms with Crippen molar-refractivity contribution >= 4 is 6.09 Å². The molecule has 2 N–H and O–H groups in total. The Morgan fingerprint density at radius 3 is 3.06 bits per heavy atom. The Hall–Kier alpha value is -1.66. The Morgan fingerprint density at radius 1 is 1.53 bits per heavy atom. The largest absolute Gasteiger partial charge is 0.444 e. The summed E-state index contributed by atoms with van der Waals surface area (Å²) in [6.07, 6.45) is 3.72. The molecule has 0 radical (unpaired) electrons. The van der Waals surface area contributed by atoms with Gasteiger partial charge in [-0.25, -0.2) is 10.2 Å². The predicted molar refractivity (Wildman–Crippen MR) is 59.9 cm³/mol. The van der Waals surface area contributed by atoms with Gasteiger partial charge in [0.2, 0.25) is 0 Å². The van der Waals surface area contributed by atoms with Gasteiger partial charge in [-0.15, -0.1) is 0 Å². The molecule has 0 saturated carbocycles. The van der Waals surface area contributed by atoms with Crippen LogP contribution in [0.3, 0.4) is 0 Å². The van der Waals surface area contributed by atoms with Crippen molar-refractivity contribution in [1.29, 1.82) is 0 Å². The predicted octanol–water partition coefficient (Wildman–Crippen LogP) is 0.601. The molecule has 0 aliphatic carbocycles. The van der Waals surface area contributed by atoms with Crippen LogP contribution in [0.5, 0.6) is 0 Å². The van der Waals surface area contributed by atoms with Crippen molar-refractivity contribution in [3.63, 3.8) is 0 Å². The van der Waals surface area contributed by atoms with E-state index in [2.05, 4.69) is 15.8 Å². The SMILES string of the molecule is O=C(NN[C@@H]1CCOC1)OCc1ccncc1. The quantitative estimate of drug-likeness (QED) is 0.750. The molecule has 17 heavy (non-hydrogen) atoms. The molecule has 1 fully saturated rings. The average molecular weight is 237 g/mol. The van der Waals surface area contributed by atoms with E-state index >= 15 is 0 Å². The molecule has 0 aromatic carbocycles. The van der Waals surface area contributed by atoms with Crippen LogP contribution in [0.4, 0.5) is 4.79 Å². The van der Waals surface area contributed by atoms with Crippen molar-refractivity contribution in [3.8, 4) is 0 Å². The van der Waals surface area contributed by atoms with Crippen LogP contribution in [0.1, 0.15) is 12.0 Å². The second kappa shape index (κ2) is 6.17. The van der Waals surface area contributed by atoms with E-state index < -0.39 is 6.09 Å². The van der Waals surface area contributed by atoms with Crippen LogP contribution in [-0.4, -0.2) is 30.3 Å². The zero-order chi connectivity index (χ0) is 11.9. The van der Waals surface area contributed by atoms with E-state index in [4.69, 9.17) is 9.47 Å². The first kappa shape index (κ1) is 11.8. The molecule has 6 nitrogen and oxygen atoms in total. The van der Waals surface area contributed by atoms with Crippen LogP contribution >= 0.6 is 0 Å². The lowest BCUT2D eigenvalue weighted by Crippen LogP contribution is -2.44. The lowest BCUT2D eigenvalue weighted by Gasteiger charge is -2.11. The number of ether oxygens (including phenoxy) is 2. The summed E-state index contributed by atoms with van der Waals surface area (Å²) in [6, 6.07) is 3.76. The fourth-order valence-electron chi connectivity index (χ4n) is 1.47. The second-order valence-electron chi connectivity index (χ2n) is 3.76. The highest BCUT2D eigenvalue weighted by Gasteiger charge is 2.15. The van der Waals surface area contributed by atoms with Gasteiger partial charge in [-0.3, -0.25) is 10.4 Å². The number of hydrazine groups is 1. The number of pyridine rings is 1. The highest BCUT2D eigenvalue weighted by molar-refractivity contribution is 5.66. The third kappa shape index (κ3) is 4.01. The summed E-state index contributed by atoms with van der Waals surface area (Å²) in [6.45, 7) is 1.58. The van der Waals surface area contributed by atoms with Crippen molar-refractivity contribution in [2.75, 3.05) is 13.2 Å². The first-order valence-corrected chi connectivity index (χ1v) is 5.49. The van der Waals surface area contributed by atoms with Gasteiger partial charge in [0.25, 0.3) is 0 Å². The summed E-state index contributed by atoms with van der Waals surface area (Å²) < 4.78 is 10.2. The van der Waals surface area contributed by atoms with E-state index in [-0.39, 0.29) is 12.6 Å². The topological polar surface area (TPSA) is 72.5 Å². The summed E-state index contributed by atoms with van der Waals surface area (Å²) in [7, 11) is 0. The molecule has 92 valence electrons. The molecule has 1 aliphatic rings. The van der Waals surface area contributed by atoms with Crippen LogP contribution in [0.2, 0.25) is 0 Å². The third-order valence-corrected chi connectivity index (χ3v) is 2.43. The molecule has 1 aromatic heterocycles. The van der Waals surface area contributed by atoms with E-state index in [9.17, 15) is 4.79 Å². The normalized spacial score (nSPS) is 18.9. The van der Waals surface area contributed by atoms with Crippen molar-refractivity contribution in [2.24, 2.45) is 0 Å². The highest BCUT2D eigenvalue weighted by Crippen LogP contribution is 2.02. The zero-order valence-electron chi connectivity index (χ0n) is 9.39. The van der Waals surface area contributed by atoms with Crippen molar-refractivity contribution in [3.05, 3.63) is 30.1 Å². The van der Waals surface area contributed by atoms with Gasteiger partial charge in [0.15, 0.2) is 0 Å². The number of aromatic nitrogens is 1. The minimum Gasteiger partial charge on any atom is -0.444 e. The summed E-state index contributed by atoms with van der Waals surface area (Å²) in [5.41, 5.74) is 6.25. The van der Waals surface area contributed by atoms with Crippen molar-refractivity contribution < 1.29 is 14.3 Å². The summed E-state index contributed by atoms with van der Waals surface area (Å²) in [5, 5.41) is 0. The van der Waals surface area contributed by atoms with Crippen LogP contribution in [0, 0.1) is 0 Å². The van der Waals surface area contributed by atoms with Crippen LogP contribution in [0.25, 0.3) is 0 Å². The Kier molecular flexibility index (Phi) is 4.29. The fourth-order valence-corrected chi connectivity index (χ4v) is 1.47. The highest BCUT2D eigenvalue weighted by atomic mass is 16.6. The lowest BCUT2D eigenvalue weighted by molar-refractivity contribution is 0.131. The number of carbonyl (C=O) groups is 1. The van der Waals surface area contributed by atoms with E-state index in [0.717, 1.165) is 18.6 Å². The lowest BCUT2D eigenvalue weighted by atomic mass is 10.3. The molecule has 2 rings (SSSR count). The standard InChI is InChI=1S/C11H15N3O3/c15-11(14-13-10-3-6-16-8-10)17-7-9-1-4-12-5-2-9/h1-2,4-5,10,13H,3,6-8H2,(H,14,15)/t10-/m1/s1. The maximum atomic E-state index is 11.3. The van der Waals surface area contributed by atoms with Crippen molar-refractivity contribution in [1.82, 2.24) is 15.8 Å². The smallest absolute Gasteiger partial charge is 0.421 e. The van der Waals surface area contributed by atoms with Crippen LogP contribution < -0.4 is 10.9 Å². The van der Waals surface area contributed by atoms with Crippen molar-refractivity contribution in [2.45, 2.75) is 19.1 Å². The summed E-state index contributed by atoms with van der Waals surface area (Å²) in [4.78, 5) is 15.2. The molecule has 0 spiro atoms. The first-order chi connectivity index (χ1) is 8.34. The van der Waals surface area contributed by atoms with Gasteiger partial charge in [0.05, 0.1) is 12.6 Å². The first-order valence-electron chi connectivity index (χ1n) is 5.49. The monoisotopic (exact) mass is 237 g/mol. The van der Waals surface area contributed by atoms with Gasteiger partial charge >= 0.3 is 6.09 Å². The Morgan fingerprint density at radius 2 is 2.35 bits per heavy atom. The van der Waals surface area contributed by atoms with Gasteiger partial charge < -0.3 is 9.47 Å². The molecule has 1 aliphatic heterocycles. The number of amides is 1. The van der Waals surface area contributed by atoms with Crippen LogP contribution in [-0.2, 0) is 16.1 Å². The Bertz CT molecular complexity index is 352. The number of carbonyl (C=O) groups excluding carboxylic acids is 1. The summed E-state index contributed by atoms with van der Waals surface area (Å²) in [5.74, 6) is 0. The second-order valence-corrected chi connectivity index (χ2v) is 3.76. The molecule has 0 unspecified atom stereocenters. The number of hydrogen-bond acceptors (Lipinski definition) is 5. The van der Waals surface area contributed by atoms with Gasteiger partial charge in [-0.05, 0) is 24.1 Å². The van der Waals surface area contributed by atoms with Gasteiger partial charge in [0, 0.05) is 19.0 Å². The van der Waals surface area contributed by atoms with Gasteiger partial charge in [-0.1, -0.05) is 0 Å². The minimum atomic E-state index is -0.492. The maximum absolute atomic E-state index is 11.3. The van der Waals surface area contributed by atoms with Gasteiger partial charge in [0.1, 0.15) is 6.61 Å². The molecular weight excluding hydrogens is 222 g/mol. The number of rotatable bonds is 4. The molecule has 6 heteroatoms. The number of hydrogen-bond donors (Lipinski definition) is 2. The summed E-state index contributed by atoms with van der Waals surface area (Å²) >= 11 is 0. The molecule has 1 amide bonds. The number of nitrogens with one attached hydrogen (secondary N) is 2. The molecule has 1 atom stereocenters.